The molecular formula is C12H21ClN2O3. The van der Waals surface area contributed by atoms with Crippen LogP contribution in [0.5, 0.6) is 0 Å². The minimum atomic E-state index is -0.346. The minimum absolute atomic E-state index is 0.143. The van der Waals surface area contributed by atoms with Gasteiger partial charge in [0, 0.05) is 32.0 Å². The molecule has 0 aromatic carbocycles. The molecule has 1 fully saturated rings. The molecular weight excluding hydrogens is 256 g/mol. The molecule has 1 unspecified atom stereocenters. The van der Waals surface area contributed by atoms with Gasteiger partial charge in [0.1, 0.15) is 0 Å². The molecule has 18 heavy (non-hydrogen) atoms. The lowest BCUT2D eigenvalue weighted by Crippen LogP contribution is -2.49. The Morgan fingerprint density at radius 1 is 1.50 bits per heavy atom. The highest BCUT2D eigenvalue weighted by Gasteiger charge is 2.34. The van der Waals surface area contributed by atoms with Crippen LogP contribution in [0, 0.1) is 5.92 Å². The van der Waals surface area contributed by atoms with Crippen LogP contribution in [0.4, 0.5) is 4.79 Å². The molecule has 3 amide bonds. The van der Waals surface area contributed by atoms with Crippen molar-refractivity contribution in [1.82, 2.24) is 10.2 Å². The number of hydrogen-bond acceptors (Lipinski definition) is 3. The Balaban J connectivity index is 2.51. The monoisotopic (exact) mass is 276 g/mol. The first-order valence-corrected chi connectivity index (χ1v) is 6.79. The second-order valence-corrected chi connectivity index (χ2v) is 4.93. The number of alkyl halides is 1. The number of methoxy groups -OCH3 is 1. The Labute approximate surface area is 113 Å². The number of imide groups is 1. The number of rotatable bonds is 7. The number of ether oxygens (including phenoxy) is 1. The van der Waals surface area contributed by atoms with Crippen molar-refractivity contribution < 1.29 is 14.3 Å². The predicted molar refractivity (Wildman–Crippen MR) is 69.6 cm³/mol. The summed E-state index contributed by atoms with van der Waals surface area (Å²) in [7, 11) is 1.59. The fourth-order valence-corrected chi connectivity index (χ4v) is 2.02. The molecule has 0 aliphatic heterocycles. The standard InChI is InChI=1S/C12H21ClN2O3/c1-9(10-3-4-10)15(7-8-18-2)12(17)14-11(16)5-6-13/h9-10H,3-8H2,1-2H3,(H,14,16,17). The van der Waals surface area contributed by atoms with Gasteiger partial charge in [-0.2, -0.15) is 0 Å². The lowest BCUT2D eigenvalue weighted by Gasteiger charge is -2.29. The number of hydrogen-bond donors (Lipinski definition) is 1. The van der Waals surface area contributed by atoms with Crippen LogP contribution in [0.25, 0.3) is 0 Å². The Bertz CT molecular complexity index is 295. The summed E-state index contributed by atoms with van der Waals surface area (Å²) in [5, 5.41) is 2.36. The first kappa shape index (κ1) is 15.2. The summed E-state index contributed by atoms with van der Waals surface area (Å²) in [4.78, 5) is 25.0. The van der Waals surface area contributed by atoms with Crippen LogP contribution in [0.1, 0.15) is 26.2 Å². The van der Waals surface area contributed by atoms with Crippen molar-refractivity contribution >= 4 is 23.5 Å². The number of amides is 3. The molecule has 0 aromatic rings. The molecule has 5 nitrogen and oxygen atoms in total. The molecule has 0 saturated heterocycles. The molecule has 0 spiro atoms. The number of nitrogens with one attached hydrogen (secondary N) is 1. The van der Waals surface area contributed by atoms with Crippen molar-refractivity contribution in [1.29, 1.82) is 0 Å². The van der Waals surface area contributed by atoms with Gasteiger partial charge < -0.3 is 9.64 Å². The normalized spacial score (nSPS) is 16.2. The van der Waals surface area contributed by atoms with Crippen molar-refractivity contribution in [3.8, 4) is 0 Å². The van der Waals surface area contributed by atoms with Crippen molar-refractivity contribution in [2.45, 2.75) is 32.2 Å². The summed E-state index contributed by atoms with van der Waals surface area (Å²) in [5.41, 5.74) is 0. The smallest absolute Gasteiger partial charge is 0.324 e. The summed E-state index contributed by atoms with van der Waals surface area (Å²) in [5.74, 6) is 0.436. The maximum atomic E-state index is 12.0. The maximum absolute atomic E-state index is 12.0. The van der Waals surface area contributed by atoms with Gasteiger partial charge in [0.15, 0.2) is 0 Å². The molecule has 1 rings (SSSR count). The number of nitrogens with zero attached hydrogens (tertiary/aromatic N) is 1. The number of carbonyl (C=O) groups excluding carboxylic acids is 2. The zero-order chi connectivity index (χ0) is 13.5. The molecule has 1 aliphatic carbocycles. The van der Waals surface area contributed by atoms with E-state index in [1.54, 1.807) is 12.0 Å². The molecule has 104 valence electrons. The van der Waals surface area contributed by atoms with E-state index in [4.69, 9.17) is 16.3 Å². The van der Waals surface area contributed by atoms with E-state index in [-0.39, 0.29) is 30.3 Å². The zero-order valence-corrected chi connectivity index (χ0v) is 11.7. The predicted octanol–water partition coefficient (Wildman–Crippen LogP) is 1.60. The van der Waals surface area contributed by atoms with Crippen LogP contribution >= 0.6 is 11.6 Å². The van der Waals surface area contributed by atoms with Gasteiger partial charge in [-0.15, -0.1) is 11.6 Å². The molecule has 1 N–H and O–H groups in total. The summed E-state index contributed by atoms with van der Waals surface area (Å²) >= 11 is 5.46. The van der Waals surface area contributed by atoms with Crippen molar-refractivity contribution in [3.63, 3.8) is 0 Å². The van der Waals surface area contributed by atoms with Gasteiger partial charge in [-0.1, -0.05) is 0 Å². The van der Waals surface area contributed by atoms with Crippen molar-refractivity contribution in [3.05, 3.63) is 0 Å². The van der Waals surface area contributed by atoms with Gasteiger partial charge in [-0.25, -0.2) is 4.79 Å². The van der Waals surface area contributed by atoms with E-state index in [0.717, 1.165) is 12.8 Å². The summed E-state index contributed by atoms with van der Waals surface area (Å²) in [6.07, 6.45) is 2.45. The largest absolute Gasteiger partial charge is 0.383 e. The van der Waals surface area contributed by atoms with Crippen LogP contribution in [0.15, 0.2) is 0 Å². The molecule has 1 atom stereocenters. The highest BCUT2D eigenvalue weighted by Crippen LogP contribution is 2.35. The molecule has 1 aliphatic rings. The topological polar surface area (TPSA) is 58.6 Å². The van der Waals surface area contributed by atoms with Gasteiger partial charge in [0.25, 0.3) is 0 Å². The summed E-state index contributed by atoms with van der Waals surface area (Å²) in [6.45, 7) is 2.97. The van der Waals surface area contributed by atoms with Crippen molar-refractivity contribution in [2.75, 3.05) is 26.1 Å². The molecule has 0 aromatic heterocycles. The third kappa shape index (κ3) is 4.82. The zero-order valence-electron chi connectivity index (χ0n) is 10.9. The Hall–Kier alpha value is -0.810. The SMILES string of the molecule is COCCN(C(=O)NC(=O)CCCl)C(C)C1CC1. The number of urea groups is 1. The van der Waals surface area contributed by atoms with Crippen LogP contribution in [-0.4, -0.2) is 49.0 Å². The average molecular weight is 277 g/mol. The second kappa shape index (κ2) is 7.59. The number of halogens is 1. The molecule has 0 heterocycles. The summed E-state index contributed by atoms with van der Waals surface area (Å²) in [6, 6.07) is -0.203. The van der Waals surface area contributed by atoms with Crippen LogP contribution < -0.4 is 5.32 Å². The Morgan fingerprint density at radius 3 is 2.67 bits per heavy atom. The van der Waals surface area contributed by atoms with E-state index in [2.05, 4.69) is 5.32 Å². The van der Waals surface area contributed by atoms with Gasteiger partial charge >= 0.3 is 6.03 Å². The van der Waals surface area contributed by atoms with Crippen LogP contribution in [-0.2, 0) is 9.53 Å². The first-order chi connectivity index (χ1) is 8.60. The van der Waals surface area contributed by atoms with E-state index in [1.165, 1.54) is 0 Å². The lowest BCUT2D eigenvalue weighted by molar-refractivity contribution is -0.119. The van der Waals surface area contributed by atoms with E-state index >= 15 is 0 Å². The Kier molecular flexibility index (Phi) is 6.43. The second-order valence-electron chi connectivity index (χ2n) is 4.56. The van der Waals surface area contributed by atoms with E-state index in [9.17, 15) is 9.59 Å². The first-order valence-electron chi connectivity index (χ1n) is 6.25. The molecule has 0 radical (unpaired) electrons. The van der Waals surface area contributed by atoms with Crippen molar-refractivity contribution in [2.24, 2.45) is 5.92 Å². The number of carbonyl (C=O) groups is 2. The maximum Gasteiger partial charge on any atom is 0.324 e. The highest BCUT2D eigenvalue weighted by molar-refractivity contribution is 6.19. The van der Waals surface area contributed by atoms with Gasteiger partial charge in [0.2, 0.25) is 5.91 Å². The van der Waals surface area contributed by atoms with Gasteiger partial charge in [-0.3, -0.25) is 10.1 Å². The van der Waals surface area contributed by atoms with Crippen LogP contribution in [0.3, 0.4) is 0 Å². The highest BCUT2D eigenvalue weighted by atomic mass is 35.5. The third-order valence-corrected chi connectivity index (χ3v) is 3.35. The third-order valence-electron chi connectivity index (χ3n) is 3.16. The fraction of sp³-hybridized carbons (Fsp3) is 0.833. The molecule has 6 heteroatoms. The fourth-order valence-electron chi connectivity index (χ4n) is 1.85. The van der Waals surface area contributed by atoms with Crippen LogP contribution in [0.2, 0.25) is 0 Å². The molecule has 0 bridgehead atoms. The lowest BCUT2D eigenvalue weighted by atomic mass is 10.2. The summed E-state index contributed by atoms with van der Waals surface area (Å²) < 4.78 is 5.00. The van der Waals surface area contributed by atoms with E-state index in [1.807, 2.05) is 6.92 Å². The van der Waals surface area contributed by atoms with E-state index in [0.29, 0.717) is 19.1 Å². The average Bonchev–Trinajstić information content (AvgIpc) is 3.13. The Morgan fingerprint density at radius 2 is 2.17 bits per heavy atom. The van der Waals surface area contributed by atoms with Gasteiger partial charge in [-0.05, 0) is 25.7 Å². The van der Waals surface area contributed by atoms with Gasteiger partial charge in [0.05, 0.1) is 6.61 Å². The minimum Gasteiger partial charge on any atom is -0.383 e. The molecule has 1 saturated carbocycles. The van der Waals surface area contributed by atoms with E-state index < -0.39 is 0 Å². The quantitative estimate of drug-likeness (QED) is 0.719.